The van der Waals surface area contributed by atoms with Gasteiger partial charge in [-0.05, 0) is 31.9 Å². The molecule has 1 saturated carbocycles. The van der Waals surface area contributed by atoms with Crippen molar-refractivity contribution in [3.05, 3.63) is 22.8 Å². The van der Waals surface area contributed by atoms with E-state index in [0.29, 0.717) is 42.7 Å². The second-order valence-electron chi connectivity index (χ2n) is 7.10. The molecule has 2 fully saturated rings. The molecule has 150 valence electrons. The molecule has 0 radical (unpaired) electrons. The summed E-state index contributed by atoms with van der Waals surface area (Å²) >= 11 is 6.08. The fourth-order valence-corrected chi connectivity index (χ4v) is 4.94. The molecule has 2 heterocycles. The van der Waals surface area contributed by atoms with Gasteiger partial charge in [-0.25, -0.2) is 13.4 Å². The highest BCUT2D eigenvalue weighted by molar-refractivity contribution is 7.89. The molecule has 27 heavy (non-hydrogen) atoms. The molecule has 7 nitrogen and oxygen atoms in total. The quantitative estimate of drug-likeness (QED) is 0.747. The van der Waals surface area contributed by atoms with Crippen molar-refractivity contribution in [2.45, 2.75) is 45.1 Å². The summed E-state index contributed by atoms with van der Waals surface area (Å²) in [5.74, 6) is 0.492. The number of carbonyl (C=O) groups excluding carboxylic acids is 1. The lowest BCUT2D eigenvalue weighted by Gasteiger charge is -2.35. The summed E-state index contributed by atoms with van der Waals surface area (Å²) in [4.78, 5) is 19.2. The Morgan fingerprint density at radius 2 is 1.85 bits per heavy atom. The van der Waals surface area contributed by atoms with Gasteiger partial charge >= 0.3 is 0 Å². The largest absolute Gasteiger partial charge is 0.353 e. The highest BCUT2D eigenvalue weighted by Gasteiger charge is 2.28. The third-order valence-electron chi connectivity index (χ3n) is 5.32. The van der Waals surface area contributed by atoms with Crippen LogP contribution < -0.4 is 10.2 Å². The van der Waals surface area contributed by atoms with Crippen LogP contribution in [0.4, 0.5) is 5.82 Å². The third kappa shape index (κ3) is 4.92. The molecule has 0 spiro atoms. The van der Waals surface area contributed by atoms with E-state index in [2.05, 4.69) is 10.3 Å². The van der Waals surface area contributed by atoms with Gasteiger partial charge < -0.3 is 10.2 Å². The maximum atomic E-state index is 12.8. The van der Waals surface area contributed by atoms with Gasteiger partial charge in [-0.3, -0.25) is 4.79 Å². The van der Waals surface area contributed by atoms with Gasteiger partial charge in [0, 0.05) is 32.2 Å². The second kappa shape index (κ2) is 8.75. The first kappa shape index (κ1) is 20.4. The molecule has 1 aliphatic heterocycles. The van der Waals surface area contributed by atoms with Gasteiger partial charge in [0.25, 0.3) is 5.91 Å². The van der Waals surface area contributed by atoms with Crippen LogP contribution in [-0.2, 0) is 10.0 Å². The van der Waals surface area contributed by atoms with Gasteiger partial charge in [0.1, 0.15) is 11.0 Å². The van der Waals surface area contributed by atoms with Crippen molar-refractivity contribution in [2.75, 3.05) is 36.8 Å². The van der Waals surface area contributed by atoms with Gasteiger partial charge in [0.05, 0.1) is 11.3 Å². The van der Waals surface area contributed by atoms with Crippen LogP contribution in [0.2, 0.25) is 5.15 Å². The molecule has 3 rings (SSSR count). The number of amides is 1. The molecule has 1 aromatic rings. The summed E-state index contributed by atoms with van der Waals surface area (Å²) in [5.41, 5.74) is 0.497. The Balaban J connectivity index is 1.74. The van der Waals surface area contributed by atoms with Crippen molar-refractivity contribution in [2.24, 2.45) is 0 Å². The van der Waals surface area contributed by atoms with E-state index in [9.17, 15) is 13.2 Å². The number of rotatable bonds is 5. The number of carbonyl (C=O) groups is 1. The first-order valence-electron chi connectivity index (χ1n) is 9.61. The predicted molar refractivity (Wildman–Crippen MR) is 107 cm³/mol. The van der Waals surface area contributed by atoms with Gasteiger partial charge in [0.15, 0.2) is 0 Å². The average molecular weight is 415 g/mol. The van der Waals surface area contributed by atoms with Crippen LogP contribution >= 0.6 is 11.6 Å². The average Bonchev–Trinajstić information content (AvgIpc) is 2.68. The Morgan fingerprint density at radius 3 is 2.48 bits per heavy atom. The predicted octanol–water partition coefficient (Wildman–Crippen LogP) is 2.27. The molecule has 0 atom stereocenters. The zero-order valence-corrected chi connectivity index (χ0v) is 17.2. The second-order valence-corrected chi connectivity index (χ2v) is 9.75. The highest BCUT2D eigenvalue weighted by Crippen LogP contribution is 2.24. The number of piperazine rings is 1. The van der Waals surface area contributed by atoms with Crippen LogP contribution in [-0.4, -0.2) is 61.6 Å². The van der Waals surface area contributed by atoms with Gasteiger partial charge in [-0.1, -0.05) is 30.9 Å². The number of nitrogens with one attached hydrogen (secondary N) is 1. The van der Waals surface area contributed by atoms with Crippen molar-refractivity contribution in [1.29, 1.82) is 0 Å². The van der Waals surface area contributed by atoms with E-state index in [4.69, 9.17) is 11.6 Å². The van der Waals surface area contributed by atoms with Gasteiger partial charge in [-0.2, -0.15) is 4.31 Å². The lowest BCUT2D eigenvalue weighted by Crippen LogP contribution is -2.50. The number of hydrogen-bond acceptors (Lipinski definition) is 5. The summed E-state index contributed by atoms with van der Waals surface area (Å²) in [5, 5.41) is 3.44. The Kier molecular flexibility index (Phi) is 6.60. The Labute approximate surface area is 166 Å². The summed E-state index contributed by atoms with van der Waals surface area (Å²) in [6, 6.07) is 3.54. The molecule has 1 aliphatic carbocycles. The van der Waals surface area contributed by atoms with E-state index < -0.39 is 10.0 Å². The van der Waals surface area contributed by atoms with Crippen LogP contribution in [0, 0.1) is 0 Å². The van der Waals surface area contributed by atoms with Crippen LogP contribution in [0.25, 0.3) is 0 Å². The van der Waals surface area contributed by atoms with E-state index in [-0.39, 0.29) is 17.7 Å². The molecular formula is C18H27ClN4O3S. The fraction of sp³-hybridized carbons (Fsp3) is 0.667. The van der Waals surface area contributed by atoms with E-state index in [0.717, 1.165) is 25.7 Å². The number of pyridine rings is 1. The SMILES string of the molecule is CCS(=O)(=O)N1CCN(c2nc(Cl)ccc2C(=O)NC2CCCCC2)CC1. The van der Waals surface area contributed by atoms with Crippen molar-refractivity contribution in [3.63, 3.8) is 0 Å². The summed E-state index contributed by atoms with van der Waals surface area (Å²) in [6.45, 7) is 3.38. The molecule has 9 heteroatoms. The fourth-order valence-electron chi connectivity index (χ4n) is 3.71. The molecule has 1 aromatic heterocycles. The standard InChI is InChI=1S/C18H27ClN4O3S/c1-2-27(25,26)23-12-10-22(11-13-23)17-15(8-9-16(19)21-17)18(24)20-14-6-4-3-5-7-14/h8-9,14H,2-7,10-13H2,1H3,(H,20,24). The van der Waals surface area contributed by atoms with Crippen LogP contribution in [0.5, 0.6) is 0 Å². The maximum Gasteiger partial charge on any atom is 0.255 e. The molecule has 0 aromatic carbocycles. The first-order valence-corrected chi connectivity index (χ1v) is 11.6. The van der Waals surface area contributed by atoms with Gasteiger partial charge in [-0.15, -0.1) is 0 Å². The number of halogens is 1. The normalized spacial score (nSPS) is 19.9. The lowest BCUT2D eigenvalue weighted by atomic mass is 9.95. The topological polar surface area (TPSA) is 82.6 Å². The first-order chi connectivity index (χ1) is 12.9. The Hall–Kier alpha value is -1.38. The van der Waals surface area contributed by atoms with E-state index in [1.807, 2.05) is 4.90 Å². The highest BCUT2D eigenvalue weighted by atomic mass is 35.5. The number of nitrogens with zero attached hydrogens (tertiary/aromatic N) is 3. The maximum absolute atomic E-state index is 12.8. The van der Waals surface area contributed by atoms with Crippen molar-refractivity contribution in [1.82, 2.24) is 14.6 Å². The van der Waals surface area contributed by atoms with E-state index >= 15 is 0 Å². The zero-order valence-electron chi connectivity index (χ0n) is 15.7. The van der Waals surface area contributed by atoms with Gasteiger partial charge in [0.2, 0.25) is 10.0 Å². The molecule has 2 aliphatic rings. The smallest absolute Gasteiger partial charge is 0.255 e. The molecular weight excluding hydrogens is 388 g/mol. The molecule has 1 amide bonds. The summed E-state index contributed by atoms with van der Waals surface area (Å²) in [6.07, 6.45) is 5.53. The minimum absolute atomic E-state index is 0.0947. The van der Waals surface area contributed by atoms with E-state index in [1.54, 1.807) is 19.1 Å². The van der Waals surface area contributed by atoms with Crippen LogP contribution in [0.1, 0.15) is 49.4 Å². The number of hydrogen-bond donors (Lipinski definition) is 1. The molecule has 1 saturated heterocycles. The molecule has 1 N–H and O–H groups in total. The Morgan fingerprint density at radius 1 is 1.19 bits per heavy atom. The third-order valence-corrected chi connectivity index (χ3v) is 7.41. The molecule has 0 bridgehead atoms. The summed E-state index contributed by atoms with van der Waals surface area (Å²) < 4.78 is 25.6. The molecule has 0 unspecified atom stereocenters. The zero-order chi connectivity index (χ0) is 19.4. The number of aromatic nitrogens is 1. The Bertz CT molecular complexity index is 773. The number of sulfonamides is 1. The van der Waals surface area contributed by atoms with Crippen molar-refractivity contribution < 1.29 is 13.2 Å². The minimum Gasteiger partial charge on any atom is -0.353 e. The summed E-state index contributed by atoms with van der Waals surface area (Å²) in [7, 11) is -3.20. The monoisotopic (exact) mass is 414 g/mol. The van der Waals surface area contributed by atoms with Crippen molar-refractivity contribution in [3.8, 4) is 0 Å². The van der Waals surface area contributed by atoms with E-state index in [1.165, 1.54) is 10.7 Å². The number of anilines is 1. The van der Waals surface area contributed by atoms with Crippen LogP contribution in [0.15, 0.2) is 12.1 Å². The minimum atomic E-state index is -3.20. The van der Waals surface area contributed by atoms with Crippen molar-refractivity contribution >= 4 is 33.3 Å². The van der Waals surface area contributed by atoms with Crippen LogP contribution in [0.3, 0.4) is 0 Å². The lowest BCUT2D eigenvalue weighted by molar-refractivity contribution is 0.0927.